The summed E-state index contributed by atoms with van der Waals surface area (Å²) < 4.78 is 16.3. The summed E-state index contributed by atoms with van der Waals surface area (Å²) in [5, 5.41) is 0. The standard InChI is InChI=1S/C20H24O4/c1-3-20(17-7-5-4-6-8-17)24-14-13-23-15-19(21)16-9-11-18(22-2)12-10-16/h4-12,20H,3,13-15H2,1-2H3. The lowest BCUT2D eigenvalue weighted by atomic mass is 10.1. The van der Waals surface area contributed by atoms with Crippen LogP contribution in [0.15, 0.2) is 54.6 Å². The van der Waals surface area contributed by atoms with Gasteiger partial charge in [-0.25, -0.2) is 0 Å². The predicted molar refractivity (Wildman–Crippen MR) is 93.6 cm³/mol. The van der Waals surface area contributed by atoms with Crippen LogP contribution in [0.5, 0.6) is 5.75 Å². The Morgan fingerprint density at radius 2 is 1.71 bits per heavy atom. The van der Waals surface area contributed by atoms with Crippen molar-refractivity contribution < 1.29 is 19.0 Å². The fraction of sp³-hybridized carbons (Fsp3) is 0.350. The van der Waals surface area contributed by atoms with Gasteiger partial charge >= 0.3 is 0 Å². The van der Waals surface area contributed by atoms with Crippen LogP contribution in [0.25, 0.3) is 0 Å². The second-order valence-electron chi connectivity index (χ2n) is 5.38. The number of rotatable bonds is 10. The number of benzene rings is 2. The largest absolute Gasteiger partial charge is 0.497 e. The quantitative estimate of drug-likeness (QED) is 0.487. The molecule has 0 aromatic heterocycles. The topological polar surface area (TPSA) is 44.8 Å². The molecular formula is C20H24O4. The summed E-state index contributed by atoms with van der Waals surface area (Å²) in [6.07, 6.45) is 0.960. The zero-order valence-electron chi connectivity index (χ0n) is 14.2. The Morgan fingerprint density at radius 3 is 2.33 bits per heavy atom. The van der Waals surface area contributed by atoms with E-state index in [0.29, 0.717) is 18.8 Å². The Balaban J connectivity index is 1.69. The van der Waals surface area contributed by atoms with E-state index in [2.05, 4.69) is 19.1 Å². The van der Waals surface area contributed by atoms with E-state index in [1.54, 1.807) is 31.4 Å². The van der Waals surface area contributed by atoms with E-state index in [9.17, 15) is 4.79 Å². The van der Waals surface area contributed by atoms with Gasteiger partial charge in [-0.2, -0.15) is 0 Å². The first-order valence-corrected chi connectivity index (χ1v) is 8.16. The highest BCUT2D eigenvalue weighted by Gasteiger charge is 2.09. The molecule has 4 nitrogen and oxygen atoms in total. The lowest BCUT2D eigenvalue weighted by molar-refractivity contribution is 0.00431. The molecule has 24 heavy (non-hydrogen) atoms. The highest BCUT2D eigenvalue weighted by molar-refractivity contribution is 5.97. The highest BCUT2D eigenvalue weighted by atomic mass is 16.5. The smallest absolute Gasteiger partial charge is 0.188 e. The van der Waals surface area contributed by atoms with Crippen molar-refractivity contribution in [2.24, 2.45) is 0 Å². The van der Waals surface area contributed by atoms with Gasteiger partial charge in [-0.15, -0.1) is 0 Å². The summed E-state index contributed by atoms with van der Waals surface area (Å²) >= 11 is 0. The number of carbonyl (C=O) groups excluding carboxylic acids is 1. The Morgan fingerprint density at radius 1 is 1.00 bits per heavy atom. The van der Waals surface area contributed by atoms with Crippen LogP contribution in [0.2, 0.25) is 0 Å². The molecule has 0 amide bonds. The van der Waals surface area contributed by atoms with Crippen LogP contribution in [0.4, 0.5) is 0 Å². The SMILES string of the molecule is CCC(OCCOCC(=O)c1ccc(OC)cc1)c1ccccc1. The van der Waals surface area contributed by atoms with Crippen molar-refractivity contribution in [1.29, 1.82) is 0 Å². The third-order valence-corrected chi connectivity index (χ3v) is 3.73. The van der Waals surface area contributed by atoms with E-state index in [-0.39, 0.29) is 18.5 Å². The Kier molecular flexibility index (Phi) is 7.46. The average Bonchev–Trinajstić information content (AvgIpc) is 2.65. The van der Waals surface area contributed by atoms with E-state index in [1.165, 1.54) is 0 Å². The molecule has 0 aliphatic rings. The normalized spacial score (nSPS) is 11.9. The molecule has 0 radical (unpaired) electrons. The second-order valence-corrected chi connectivity index (χ2v) is 5.38. The van der Waals surface area contributed by atoms with E-state index in [4.69, 9.17) is 14.2 Å². The van der Waals surface area contributed by atoms with Gasteiger partial charge in [0.05, 0.1) is 26.4 Å². The maximum atomic E-state index is 12.0. The minimum Gasteiger partial charge on any atom is -0.497 e. The zero-order chi connectivity index (χ0) is 17.2. The summed E-state index contributed by atoms with van der Waals surface area (Å²) in [5.41, 5.74) is 1.78. The molecule has 2 rings (SSSR count). The van der Waals surface area contributed by atoms with Crippen LogP contribution < -0.4 is 4.74 Å². The minimum atomic E-state index is -0.0484. The van der Waals surface area contributed by atoms with Gasteiger partial charge in [-0.3, -0.25) is 4.79 Å². The zero-order valence-corrected chi connectivity index (χ0v) is 14.2. The Labute approximate surface area is 143 Å². The molecule has 0 aliphatic heterocycles. The molecule has 0 fully saturated rings. The Bertz CT molecular complexity index is 607. The first kappa shape index (κ1) is 18.2. The summed E-state index contributed by atoms with van der Waals surface area (Å²) in [6, 6.07) is 17.1. The van der Waals surface area contributed by atoms with E-state index in [0.717, 1.165) is 17.7 Å². The highest BCUT2D eigenvalue weighted by Crippen LogP contribution is 2.20. The number of hydrogen-bond acceptors (Lipinski definition) is 4. The fourth-order valence-corrected chi connectivity index (χ4v) is 2.39. The monoisotopic (exact) mass is 328 g/mol. The van der Waals surface area contributed by atoms with Crippen LogP contribution in [0.1, 0.15) is 35.4 Å². The molecule has 2 aromatic rings. The summed E-state index contributed by atoms with van der Waals surface area (Å²) in [4.78, 5) is 12.0. The maximum Gasteiger partial charge on any atom is 0.188 e. The first-order valence-electron chi connectivity index (χ1n) is 8.16. The molecule has 4 heteroatoms. The summed E-state index contributed by atoms with van der Waals surface area (Å²) in [7, 11) is 1.60. The lowest BCUT2D eigenvalue weighted by Crippen LogP contribution is -2.14. The Hall–Kier alpha value is -2.17. The molecule has 0 aliphatic carbocycles. The average molecular weight is 328 g/mol. The molecule has 1 unspecified atom stereocenters. The molecule has 1 atom stereocenters. The number of hydrogen-bond donors (Lipinski definition) is 0. The van der Waals surface area contributed by atoms with Gasteiger partial charge < -0.3 is 14.2 Å². The number of Topliss-reactive ketones (excluding diaryl/α,β-unsaturated/α-hetero) is 1. The van der Waals surface area contributed by atoms with E-state index in [1.807, 2.05) is 18.2 Å². The van der Waals surface area contributed by atoms with E-state index < -0.39 is 0 Å². The molecule has 0 saturated heterocycles. The van der Waals surface area contributed by atoms with Gasteiger partial charge in [0.25, 0.3) is 0 Å². The minimum absolute atomic E-state index is 0.0484. The van der Waals surface area contributed by atoms with Gasteiger partial charge in [0, 0.05) is 5.56 Å². The van der Waals surface area contributed by atoms with Crippen molar-refractivity contribution in [3.63, 3.8) is 0 Å². The number of ether oxygens (including phenoxy) is 3. The first-order chi connectivity index (χ1) is 11.7. The van der Waals surface area contributed by atoms with Gasteiger partial charge in [-0.1, -0.05) is 37.3 Å². The molecule has 0 heterocycles. The lowest BCUT2D eigenvalue weighted by Gasteiger charge is -2.16. The third-order valence-electron chi connectivity index (χ3n) is 3.73. The van der Waals surface area contributed by atoms with Crippen molar-refractivity contribution in [1.82, 2.24) is 0 Å². The van der Waals surface area contributed by atoms with Crippen LogP contribution >= 0.6 is 0 Å². The molecule has 0 spiro atoms. The van der Waals surface area contributed by atoms with Gasteiger partial charge in [0.1, 0.15) is 12.4 Å². The number of methoxy groups -OCH3 is 1. The van der Waals surface area contributed by atoms with Crippen molar-refractivity contribution in [3.05, 3.63) is 65.7 Å². The summed E-state index contributed by atoms with van der Waals surface area (Å²) in [5.74, 6) is 0.681. The van der Waals surface area contributed by atoms with Crippen LogP contribution in [-0.2, 0) is 9.47 Å². The second kappa shape index (κ2) is 9.85. The van der Waals surface area contributed by atoms with Crippen molar-refractivity contribution >= 4 is 5.78 Å². The molecule has 0 N–H and O–H groups in total. The molecule has 2 aromatic carbocycles. The molecular weight excluding hydrogens is 304 g/mol. The third kappa shape index (κ3) is 5.48. The number of ketones is 1. The van der Waals surface area contributed by atoms with E-state index >= 15 is 0 Å². The number of carbonyl (C=O) groups is 1. The van der Waals surface area contributed by atoms with Gasteiger partial charge in [0.2, 0.25) is 0 Å². The fourth-order valence-electron chi connectivity index (χ4n) is 2.39. The van der Waals surface area contributed by atoms with Gasteiger partial charge in [-0.05, 0) is 36.2 Å². The van der Waals surface area contributed by atoms with Crippen LogP contribution in [0.3, 0.4) is 0 Å². The predicted octanol–water partition coefficient (Wildman–Crippen LogP) is 4.06. The summed E-state index contributed by atoms with van der Waals surface area (Å²) in [6.45, 7) is 3.00. The van der Waals surface area contributed by atoms with Crippen LogP contribution in [-0.4, -0.2) is 32.7 Å². The van der Waals surface area contributed by atoms with Crippen LogP contribution in [0, 0.1) is 0 Å². The maximum absolute atomic E-state index is 12.0. The molecule has 0 saturated carbocycles. The van der Waals surface area contributed by atoms with Crippen molar-refractivity contribution in [3.8, 4) is 5.75 Å². The van der Waals surface area contributed by atoms with Gasteiger partial charge in [0.15, 0.2) is 5.78 Å². The van der Waals surface area contributed by atoms with Crippen molar-refractivity contribution in [2.45, 2.75) is 19.4 Å². The van der Waals surface area contributed by atoms with Crippen molar-refractivity contribution in [2.75, 3.05) is 26.9 Å². The molecule has 0 bridgehead atoms. The molecule has 128 valence electrons.